The Morgan fingerprint density at radius 3 is 2.69 bits per heavy atom. The van der Waals surface area contributed by atoms with E-state index in [0.29, 0.717) is 11.7 Å². The van der Waals surface area contributed by atoms with E-state index in [9.17, 15) is 0 Å². The summed E-state index contributed by atoms with van der Waals surface area (Å²) in [7, 11) is 1.71. The van der Waals surface area contributed by atoms with Crippen LogP contribution in [0.15, 0.2) is 12.3 Å². The number of aromatic nitrogens is 1. The maximum atomic E-state index is 6.25. The summed E-state index contributed by atoms with van der Waals surface area (Å²) in [5.41, 5.74) is 14.2. The first kappa shape index (κ1) is 11.4. The Hall–Kier alpha value is -1.13. The summed E-state index contributed by atoms with van der Waals surface area (Å²) in [6.07, 6.45) is 4.17. The van der Waals surface area contributed by atoms with E-state index >= 15 is 0 Å². The Labute approximate surface area is 96.0 Å². The largest absolute Gasteiger partial charge is 0.383 e. The quantitative estimate of drug-likeness (QED) is 0.806. The molecule has 2 atom stereocenters. The standard InChI is InChI=1S/C12H19N3O/c1-7-5-6-15-12(14)9(7)10(13)11(16-2)8-3-4-8/h5-6,8,10-11H,3-4,13H2,1-2H3,(H2,14,15). The van der Waals surface area contributed by atoms with Gasteiger partial charge in [0.25, 0.3) is 0 Å². The molecular formula is C12H19N3O. The van der Waals surface area contributed by atoms with Crippen molar-refractivity contribution in [2.75, 3.05) is 12.8 Å². The lowest BCUT2D eigenvalue weighted by Gasteiger charge is -2.24. The molecule has 1 aromatic rings. The highest BCUT2D eigenvalue weighted by Crippen LogP contribution is 2.40. The number of anilines is 1. The molecule has 1 aliphatic rings. The molecule has 2 rings (SSSR count). The van der Waals surface area contributed by atoms with E-state index in [1.165, 1.54) is 12.8 Å². The number of nitrogen functional groups attached to an aromatic ring is 1. The monoisotopic (exact) mass is 221 g/mol. The molecule has 1 aliphatic carbocycles. The van der Waals surface area contributed by atoms with Crippen LogP contribution >= 0.6 is 0 Å². The molecule has 16 heavy (non-hydrogen) atoms. The Bertz CT molecular complexity index is 356. The fourth-order valence-corrected chi connectivity index (χ4v) is 2.25. The number of nitrogens with zero attached hydrogens (tertiary/aromatic N) is 1. The normalized spacial score (nSPS) is 19.4. The van der Waals surface area contributed by atoms with Gasteiger partial charge in [-0.15, -0.1) is 0 Å². The summed E-state index contributed by atoms with van der Waals surface area (Å²) in [6, 6.07) is 1.76. The lowest BCUT2D eigenvalue weighted by Crippen LogP contribution is -2.31. The van der Waals surface area contributed by atoms with E-state index in [2.05, 4.69) is 4.98 Å². The highest BCUT2D eigenvalue weighted by atomic mass is 16.5. The van der Waals surface area contributed by atoms with Crippen LogP contribution in [0.25, 0.3) is 0 Å². The zero-order chi connectivity index (χ0) is 11.7. The third-order valence-corrected chi connectivity index (χ3v) is 3.29. The van der Waals surface area contributed by atoms with Crippen molar-refractivity contribution in [1.29, 1.82) is 0 Å². The molecule has 4 N–H and O–H groups in total. The lowest BCUT2D eigenvalue weighted by atomic mass is 9.96. The summed E-state index contributed by atoms with van der Waals surface area (Å²) in [5.74, 6) is 1.11. The van der Waals surface area contributed by atoms with Gasteiger partial charge in [0.1, 0.15) is 5.82 Å². The van der Waals surface area contributed by atoms with Crippen molar-refractivity contribution in [3.63, 3.8) is 0 Å². The summed E-state index contributed by atoms with van der Waals surface area (Å²) in [6.45, 7) is 2.01. The predicted octanol–water partition coefficient (Wildman–Crippen LogP) is 1.40. The van der Waals surface area contributed by atoms with Gasteiger partial charge in [-0.1, -0.05) is 0 Å². The van der Waals surface area contributed by atoms with Gasteiger partial charge in [-0.3, -0.25) is 0 Å². The molecule has 88 valence electrons. The number of aryl methyl sites for hydroxylation is 1. The van der Waals surface area contributed by atoms with Gasteiger partial charge < -0.3 is 16.2 Å². The molecule has 2 unspecified atom stereocenters. The van der Waals surface area contributed by atoms with Gasteiger partial charge >= 0.3 is 0 Å². The summed E-state index contributed by atoms with van der Waals surface area (Å²) < 4.78 is 5.49. The van der Waals surface area contributed by atoms with Crippen molar-refractivity contribution in [3.05, 3.63) is 23.4 Å². The molecule has 0 aliphatic heterocycles. The van der Waals surface area contributed by atoms with E-state index in [4.69, 9.17) is 16.2 Å². The minimum absolute atomic E-state index is 0.0604. The Morgan fingerprint density at radius 2 is 2.19 bits per heavy atom. The molecule has 1 heterocycles. The number of hydrogen-bond acceptors (Lipinski definition) is 4. The number of hydrogen-bond donors (Lipinski definition) is 2. The Kier molecular flexibility index (Phi) is 3.12. The molecule has 1 fully saturated rings. The molecule has 0 spiro atoms. The van der Waals surface area contributed by atoms with Crippen LogP contribution in [-0.2, 0) is 4.74 Å². The number of ether oxygens (including phenoxy) is 1. The maximum absolute atomic E-state index is 6.25. The fraction of sp³-hybridized carbons (Fsp3) is 0.583. The van der Waals surface area contributed by atoms with Gasteiger partial charge in [0.2, 0.25) is 0 Å². The summed E-state index contributed by atoms with van der Waals surface area (Å²) in [5, 5.41) is 0. The molecule has 0 bridgehead atoms. The van der Waals surface area contributed by atoms with Crippen molar-refractivity contribution in [1.82, 2.24) is 4.98 Å². The first-order valence-electron chi connectivity index (χ1n) is 5.64. The van der Waals surface area contributed by atoms with Gasteiger partial charge in [-0.2, -0.15) is 0 Å². The van der Waals surface area contributed by atoms with Gasteiger partial charge in [0, 0.05) is 18.9 Å². The van der Waals surface area contributed by atoms with Gasteiger partial charge in [-0.05, 0) is 37.3 Å². The fourth-order valence-electron chi connectivity index (χ4n) is 2.25. The third kappa shape index (κ3) is 2.03. The molecule has 0 amide bonds. The molecule has 0 saturated heterocycles. The van der Waals surface area contributed by atoms with Crippen molar-refractivity contribution in [3.8, 4) is 0 Å². The second-order valence-electron chi connectivity index (χ2n) is 4.49. The Balaban J connectivity index is 2.28. The second-order valence-corrected chi connectivity index (χ2v) is 4.49. The van der Waals surface area contributed by atoms with Crippen LogP contribution in [0.4, 0.5) is 5.82 Å². The zero-order valence-corrected chi connectivity index (χ0v) is 9.81. The van der Waals surface area contributed by atoms with Crippen LogP contribution in [0.3, 0.4) is 0 Å². The SMILES string of the molecule is COC(C1CC1)C(N)c1c(C)ccnc1N. The number of nitrogens with two attached hydrogens (primary N) is 2. The van der Waals surface area contributed by atoms with Crippen LogP contribution in [0.2, 0.25) is 0 Å². The molecular weight excluding hydrogens is 202 g/mol. The topological polar surface area (TPSA) is 74.2 Å². The Morgan fingerprint density at radius 1 is 1.50 bits per heavy atom. The van der Waals surface area contributed by atoms with Gasteiger partial charge in [0.15, 0.2) is 0 Å². The van der Waals surface area contributed by atoms with Crippen LogP contribution in [-0.4, -0.2) is 18.2 Å². The van der Waals surface area contributed by atoms with E-state index in [1.54, 1.807) is 13.3 Å². The minimum atomic E-state index is -0.175. The van der Waals surface area contributed by atoms with Crippen molar-refractivity contribution < 1.29 is 4.74 Å². The molecule has 1 aromatic heterocycles. The average molecular weight is 221 g/mol. The van der Waals surface area contributed by atoms with E-state index in [1.807, 2.05) is 13.0 Å². The molecule has 4 nitrogen and oxygen atoms in total. The summed E-state index contributed by atoms with van der Waals surface area (Å²) >= 11 is 0. The number of methoxy groups -OCH3 is 1. The molecule has 0 aromatic carbocycles. The van der Waals surface area contributed by atoms with Crippen LogP contribution < -0.4 is 11.5 Å². The average Bonchev–Trinajstić information content (AvgIpc) is 3.03. The van der Waals surface area contributed by atoms with Crippen LogP contribution in [0.1, 0.15) is 30.0 Å². The van der Waals surface area contributed by atoms with Crippen LogP contribution in [0, 0.1) is 12.8 Å². The molecule has 0 radical (unpaired) electrons. The van der Waals surface area contributed by atoms with Gasteiger partial charge in [-0.25, -0.2) is 4.98 Å². The number of pyridine rings is 1. The van der Waals surface area contributed by atoms with Crippen LogP contribution in [0.5, 0.6) is 0 Å². The molecule has 1 saturated carbocycles. The minimum Gasteiger partial charge on any atom is -0.383 e. The van der Waals surface area contributed by atoms with Crippen molar-refractivity contribution in [2.45, 2.75) is 31.9 Å². The summed E-state index contributed by atoms with van der Waals surface area (Å²) in [4.78, 5) is 4.10. The smallest absolute Gasteiger partial charge is 0.128 e. The highest BCUT2D eigenvalue weighted by Gasteiger charge is 2.37. The lowest BCUT2D eigenvalue weighted by molar-refractivity contribution is 0.0623. The third-order valence-electron chi connectivity index (χ3n) is 3.29. The van der Waals surface area contributed by atoms with Crippen molar-refractivity contribution >= 4 is 5.82 Å². The predicted molar refractivity (Wildman–Crippen MR) is 63.8 cm³/mol. The first-order chi connectivity index (χ1) is 7.65. The van der Waals surface area contributed by atoms with Gasteiger partial charge in [0.05, 0.1) is 12.1 Å². The zero-order valence-electron chi connectivity index (χ0n) is 9.81. The number of rotatable bonds is 4. The maximum Gasteiger partial charge on any atom is 0.128 e. The van der Waals surface area contributed by atoms with E-state index < -0.39 is 0 Å². The highest BCUT2D eigenvalue weighted by molar-refractivity contribution is 5.46. The second kappa shape index (κ2) is 4.39. The molecule has 4 heteroatoms. The first-order valence-corrected chi connectivity index (χ1v) is 5.64. The van der Waals surface area contributed by atoms with E-state index in [0.717, 1.165) is 11.1 Å². The van der Waals surface area contributed by atoms with Crippen molar-refractivity contribution in [2.24, 2.45) is 11.7 Å². The van der Waals surface area contributed by atoms with E-state index in [-0.39, 0.29) is 12.1 Å².